The average Bonchev–Trinajstić information content (AvgIpc) is 2.72. The van der Waals surface area contributed by atoms with Crippen LogP contribution in [-0.4, -0.2) is 39.3 Å². The summed E-state index contributed by atoms with van der Waals surface area (Å²) in [6.45, 7) is 4.32. The Morgan fingerprint density at radius 1 is 1.53 bits per heavy atom. The second kappa shape index (κ2) is 5.03. The summed E-state index contributed by atoms with van der Waals surface area (Å²) >= 11 is 0.862. The molecule has 2 rings (SSSR count). The van der Waals surface area contributed by atoms with Gasteiger partial charge < -0.3 is 5.32 Å². The summed E-state index contributed by atoms with van der Waals surface area (Å²) < 4.78 is 46.6. The van der Waals surface area contributed by atoms with Gasteiger partial charge in [0.1, 0.15) is 8.82 Å². The third-order valence-corrected chi connectivity index (χ3v) is 9.52. The van der Waals surface area contributed by atoms with Gasteiger partial charge in [0.15, 0.2) is 9.84 Å². The lowest BCUT2D eigenvalue weighted by atomic mass is 9.96. The van der Waals surface area contributed by atoms with Gasteiger partial charge in [0.2, 0.25) is 10.0 Å². The fourth-order valence-corrected chi connectivity index (χ4v) is 7.90. The number of sulfone groups is 1. The van der Waals surface area contributed by atoms with Crippen molar-refractivity contribution in [1.82, 2.24) is 5.32 Å². The maximum absolute atomic E-state index is 12.3. The minimum absolute atomic E-state index is 0.0249. The SMILES string of the molecule is CCN[C@H]1C[C@H](C)S(=O)(=O)C2SC(S(N)(=O)=O)=CC21. The molecule has 0 aromatic heterocycles. The second-order valence-electron chi connectivity index (χ2n) is 4.89. The predicted molar refractivity (Wildman–Crippen MR) is 76.5 cm³/mol. The van der Waals surface area contributed by atoms with E-state index in [4.69, 9.17) is 5.14 Å². The summed E-state index contributed by atoms with van der Waals surface area (Å²) in [5.74, 6) is -0.334. The molecule has 1 fully saturated rings. The monoisotopic (exact) mass is 326 g/mol. The zero-order valence-corrected chi connectivity index (χ0v) is 13.2. The van der Waals surface area contributed by atoms with E-state index in [1.807, 2.05) is 6.92 Å². The lowest BCUT2D eigenvalue weighted by Gasteiger charge is -2.36. The quantitative estimate of drug-likeness (QED) is 0.755. The first-order valence-corrected chi connectivity index (χ1v) is 10.1. The Hall–Kier alpha value is -0.0900. The van der Waals surface area contributed by atoms with Gasteiger partial charge in [-0.1, -0.05) is 24.8 Å². The van der Waals surface area contributed by atoms with Crippen molar-refractivity contribution in [2.45, 2.75) is 36.1 Å². The van der Waals surface area contributed by atoms with Crippen molar-refractivity contribution in [2.75, 3.05) is 6.54 Å². The third-order valence-electron chi connectivity index (χ3n) is 3.56. The largest absolute Gasteiger partial charge is 0.314 e. The molecule has 19 heavy (non-hydrogen) atoms. The van der Waals surface area contributed by atoms with Crippen molar-refractivity contribution in [2.24, 2.45) is 11.1 Å². The van der Waals surface area contributed by atoms with E-state index in [9.17, 15) is 16.8 Å². The molecular formula is C10H18N2O4S3. The minimum atomic E-state index is -3.83. The highest BCUT2D eigenvalue weighted by Crippen LogP contribution is 2.47. The first-order chi connectivity index (χ1) is 8.67. The fraction of sp³-hybridized carbons (Fsp3) is 0.800. The molecule has 2 heterocycles. The van der Waals surface area contributed by atoms with E-state index < -0.39 is 29.7 Å². The lowest BCUT2D eigenvalue weighted by molar-refractivity contribution is 0.380. The summed E-state index contributed by atoms with van der Waals surface area (Å²) in [5.41, 5.74) is 0. The molecule has 0 saturated carbocycles. The summed E-state index contributed by atoms with van der Waals surface area (Å²) in [6.07, 6.45) is 1.99. The number of nitrogens with one attached hydrogen (secondary N) is 1. The van der Waals surface area contributed by atoms with E-state index in [1.165, 1.54) is 6.08 Å². The molecule has 4 atom stereocenters. The highest BCUT2D eigenvalue weighted by molar-refractivity contribution is 8.24. The standard InChI is InChI=1S/C10H18N2O4S3/c1-3-12-8-4-6(2)18(13,14)10-7(8)5-9(17-10)19(11,15)16/h5-8,10,12H,3-4H2,1-2H3,(H2,11,15,16)/t6-,7?,8-,10?/m0/s1. The van der Waals surface area contributed by atoms with Crippen LogP contribution in [0.3, 0.4) is 0 Å². The molecule has 110 valence electrons. The van der Waals surface area contributed by atoms with E-state index in [1.54, 1.807) is 6.92 Å². The van der Waals surface area contributed by atoms with Crippen LogP contribution in [0.1, 0.15) is 20.3 Å². The number of rotatable bonds is 3. The molecule has 0 aromatic carbocycles. The van der Waals surface area contributed by atoms with Crippen molar-refractivity contribution >= 4 is 31.6 Å². The van der Waals surface area contributed by atoms with E-state index >= 15 is 0 Å². The highest BCUT2D eigenvalue weighted by Gasteiger charge is 2.50. The van der Waals surface area contributed by atoms with Crippen LogP contribution in [0.5, 0.6) is 0 Å². The molecule has 0 bridgehead atoms. The zero-order valence-electron chi connectivity index (χ0n) is 10.7. The molecule has 0 aliphatic carbocycles. The van der Waals surface area contributed by atoms with Crippen molar-refractivity contribution in [3.05, 3.63) is 10.3 Å². The Bertz CT molecular complexity index is 596. The van der Waals surface area contributed by atoms with E-state index in [0.29, 0.717) is 13.0 Å². The molecule has 2 unspecified atom stereocenters. The molecule has 6 nitrogen and oxygen atoms in total. The smallest absolute Gasteiger partial charge is 0.243 e. The molecule has 9 heteroatoms. The molecule has 0 spiro atoms. The normalized spacial score (nSPS) is 37.7. The molecule has 0 amide bonds. The average molecular weight is 326 g/mol. The zero-order chi connectivity index (χ0) is 14.4. The Balaban J connectivity index is 2.40. The van der Waals surface area contributed by atoms with Crippen molar-refractivity contribution in [1.29, 1.82) is 0 Å². The number of fused-ring (bicyclic) bond motifs is 1. The number of nitrogens with two attached hydrogens (primary N) is 1. The first kappa shape index (κ1) is 15.3. The lowest BCUT2D eigenvalue weighted by Crippen LogP contribution is -2.50. The van der Waals surface area contributed by atoms with Gasteiger partial charge in [-0.25, -0.2) is 22.0 Å². The molecule has 3 N–H and O–H groups in total. The predicted octanol–water partition coefficient (Wildman–Crippen LogP) is -0.00950. The number of hydrogen-bond acceptors (Lipinski definition) is 6. The van der Waals surface area contributed by atoms with Crippen LogP contribution in [0.25, 0.3) is 0 Å². The molecule has 0 radical (unpaired) electrons. The van der Waals surface area contributed by atoms with E-state index in [2.05, 4.69) is 5.32 Å². The van der Waals surface area contributed by atoms with E-state index in [0.717, 1.165) is 11.8 Å². The summed E-state index contributed by atoms with van der Waals surface area (Å²) in [6, 6.07) is -0.0275. The maximum Gasteiger partial charge on any atom is 0.243 e. The highest BCUT2D eigenvalue weighted by atomic mass is 32.3. The van der Waals surface area contributed by atoms with Crippen LogP contribution in [-0.2, 0) is 19.9 Å². The van der Waals surface area contributed by atoms with Crippen molar-refractivity contribution in [3.63, 3.8) is 0 Å². The van der Waals surface area contributed by atoms with Crippen LogP contribution < -0.4 is 10.5 Å². The van der Waals surface area contributed by atoms with E-state index in [-0.39, 0.29) is 16.2 Å². The summed E-state index contributed by atoms with van der Waals surface area (Å²) in [5, 5.41) is 7.87. The van der Waals surface area contributed by atoms with Crippen molar-refractivity contribution in [3.8, 4) is 0 Å². The topological polar surface area (TPSA) is 106 Å². The molecular weight excluding hydrogens is 308 g/mol. The van der Waals surface area contributed by atoms with Gasteiger partial charge in [-0.15, -0.1) is 0 Å². The van der Waals surface area contributed by atoms with Gasteiger partial charge in [-0.3, -0.25) is 0 Å². The van der Waals surface area contributed by atoms with Gasteiger partial charge in [0.05, 0.1) is 5.25 Å². The van der Waals surface area contributed by atoms with Crippen LogP contribution in [0, 0.1) is 5.92 Å². The summed E-state index contributed by atoms with van der Waals surface area (Å²) in [7, 11) is -7.17. The first-order valence-electron chi connectivity index (χ1n) is 6.05. The van der Waals surface area contributed by atoms with Gasteiger partial charge >= 0.3 is 0 Å². The number of primary sulfonamides is 1. The molecule has 2 aliphatic rings. The van der Waals surface area contributed by atoms with Crippen LogP contribution in [0.15, 0.2) is 10.3 Å². The summed E-state index contributed by atoms with van der Waals surface area (Å²) in [4.78, 5) is 0. The second-order valence-corrected chi connectivity index (χ2v) is 10.7. The Labute approximate surface area is 118 Å². The Morgan fingerprint density at radius 3 is 2.68 bits per heavy atom. The molecule has 1 saturated heterocycles. The Kier molecular flexibility index (Phi) is 4.05. The third kappa shape index (κ3) is 2.71. The van der Waals surface area contributed by atoms with Gasteiger partial charge in [0.25, 0.3) is 0 Å². The minimum Gasteiger partial charge on any atom is -0.314 e. The molecule has 0 aromatic rings. The van der Waals surface area contributed by atoms with Crippen LogP contribution in [0.2, 0.25) is 0 Å². The van der Waals surface area contributed by atoms with Gasteiger partial charge in [-0.2, -0.15) is 0 Å². The Morgan fingerprint density at radius 2 is 2.16 bits per heavy atom. The number of hydrogen-bond donors (Lipinski definition) is 2. The van der Waals surface area contributed by atoms with Gasteiger partial charge in [0, 0.05) is 12.0 Å². The van der Waals surface area contributed by atoms with Crippen LogP contribution >= 0.6 is 11.8 Å². The van der Waals surface area contributed by atoms with Gasteiger partial charge in [-0.05, 0) is 19.9 Å². The maximum atomic E-state index is 12.3. The van der Waals surface area contributed by atoms with Crippen molar-refractivity contribution < 1.29 is 16.8 Å². The fourth-order valence-electron chi connectivity index (χ4n) is 2.58. The number of sulfonamides is 1. The molecule has 2 aliphatic heterocycles. The number of thioether (sulfide) groups is 1. The van der Waals surface area contributed by atoms with Crippen LogP contribution in [0.4, 0.5) is 0 Å².